The van der Waals surface area contributed by atoms with Crippen molar-refractivity contribution in [3.05, 3.63) is 70.8 Å². The van der Waals surface area contributed by atoms with Crippen molar-refractivity contribution in [3.63, 3.8) is 0 Å². The van der Waals surface area contributed by atoms with E-state index >= 15 is 0 Å². The molecule has 1 amide bonds. The number of ether oxygens (including phenoxy) is 1. The number of hydrogen-bond donors (Lipinski definition) is 1. The van der Waals surface area contributed by atoms with Gasteiger partial charge in [-0.3, -0.25) is 9.59 Å². The molecular formula is C25H30N2O4. The van der Waals surface area contributed by atoms with Crippen LogP contribution in [0, 0.1) is 6.92 Å². The second-order valence-corrected chi connectivity index (χ2v) is 7.66. The van der Waals surface area contributed by atoms with Crippen molar-refractivity contribution in [3.8, 4) is 5.75 Å². The molecule has 1 saturated heterocycles. The quantitative estimate of drug-likeness (QED) is 0.398. The van der Waals surface area contributed by atoms with Crippen LogP contribution in [0.25, 0.3) is 5.76 Å². The Bertz CT molecular complexity index is 960. The number of carbonyl (C=O) groups excluding carboxylic acids is 2. The Morgan fingerprint density at radius 3 is 2.19 bits per heavy atom. The van der Waals surface area contributed by atoms with Gasteiger partial charge in [-0.25, -0.2) is 0 Å². The molecule has 0 aromatic heterocycles. The number of methoxy groups -OCH3 is 1. The van der Waals surface area contributed by atoms with Gasteiger partial charge in [0.15, 0.2) is 0 Å². The van der Waals surface area contributed by atoms with Crippen LogP contribution in [-0.2, 0) is 9.59 Å². The van der Waals surface area contributed by atoms with Crippen LogP contribution >= 0.6 is 0 Å². The minimum atomic E-state index is -0.654. The summed E-state index contributed by atoms with van der Waals surface area (Å²) >= 11 is 0. The maximum Gasteiger partial charge on any atom is 0.295 e. The number of rotatable bonds is 8. The van der Waals surface area contributed by atoms with Crippen LogP contribution in [0.3, 0.4) is 0 Å². The first kappa shape index (κ1) is 22.6. The molecule has 1 N–H and O–H groups in total. The zero-order chi connectivity index (χ0) is 22.5. The second kappa shape index (κ2) is 9.79. The van der Waals surface area contributed by atoms with Gasteiger partial charge in [-0.05, 0) is 49.8 Å². The van der Waals surface area contributed by atoms with Crippen molar-refractivity contribution in [1.82, 2.24) is 9.80 Å². The lowest BCUT2D eigenvalue weighted by Crippen LogP contribution is -2.38. The van der Waals surface area contributed by atoms with E-state index in [2.05, 4.69) is 18.7 Å². The lowest BCUT2D eigenvalue weighted by atomic mass is 9.94. The Morgan fingerprint density at radius 2 is 1.65 bits per heavy atom. The minimum Gasteiger partial charge on any atom is -0.507 e. The number of likely N-dealkylation sites (N-methyl/N-ethyl adjacent to an activating group) is 1. The maximum absolute atomic E-state index is 13.0. The number of likely N-dealkylation sites (tertiary alicyclic amines) is 1. The highest BCUT2D eigenvalue weighted by Gasteiger charge is 2.45. The highest BCUT2D eigenvalue weighted by atomic mass is 16.5. The van der Waals surface area contributed by atoms with Gasteiger partial charge in [-0.15, -0.1) is 0 Å². The molecule has 164 valence electrons. The molecule has 1 aliphatic heterocycles. The van der Waals surface area contributed by atoms with Crippen LogP contribution in [0.1, 0.15) is 36.6 Å². The topological polar surface area (TPSA) is 70.1 Å². The molecule has 0 radical (unpaired) electrons. The summed E-state index contributed by atoms with van der Waals surface area (Å²) in [6, 6.07) is 13.9. The molecule has 2 aromatic carbocycles. The molecule has 0 saturated carbocycles. The fourth-order valence-corrected chi connectivity index (χ4v) is 3.90. The molecule has 1 atom stereocenters. The van der Waals surface area contributed by atoms with E-state index in [9.17, 15) is 14.7 Å². The average Bonchev–Trinajstić information content (AvgIpc) is 3.05. The van der Waals surface area contributed by atoms with Gasteiger partial charge in [0.1, 0.15) is 11.5 Å². The summed E-state index contributed by atoms with van der Waals surface area (Å²) in [6.45, 7) is 8.91. The number of amides is 1. The van der Waals surface area contributed by atoms with E-state index in [1.54, 1.807) is 36.3 Å². The number of carbonyl (C=O) groups is 2. The molecule has 6 heteroatoms. The summed E-state index contributed by atoms with van der Waals surface area (Å²) in [6.07, 6.45) is 0. The first-order valence-electron chi connectivity index (χ1n) is 10.6. The first-order chi connectivity index (χ1) is 14.9. The molecule has 0 unspecified atom stereocenters. The Balaban J connectivity index is 2.07. The minimum absolute atomic E-state index is 0.124. The third-order valence-corrected chi connectivity index (χ3v) is 5.85. The maximum atomic E-state index is 13.0. The summed E-state index contributed by atoms with van der Waals surface area (Å²) in [7, 11) is 1.56. The van der Waals surface area contributed by atoms with Crippen LogP contribution in [0.15, 0.2) is 54.1 Å². The number of nitrogens with zero attached hydrogens (tertiary/aromatic N) is 2. The van der Waals surface area contributed by atoms with Gasteiger partial charge in [0, 0.05) is 18.7 Å². The fourth-order valence-electron chi connectivity index (χ4n) is 3.90. The number of aryl methyl sites for hydroxylation is 1. The number of aliphatic hydroxyl groups excluding tert-OH is 1. The van der Waals surface area contributed by atoms with Crippen molar-refractivity contribution in [2.75, 3.05) is 33.3 Å². The number of aliphatic hydroxyl groups is 1. The summed E-state index contributed by atoms with van der Waals surface area (Å²) in [4.78, 5) is 29.8. The largest absolute Gasteiger partial charge is 0.507 e. The van der Waals surface area contributed by atoms with Crippen LogP contribution in [0.4, 0.5) is 0 Å². The van der Waals surface area contributed by atoms with Gasteiger partial charge in [-0.1, -0.05) is 43.7 Å². The third-order valence-electron chi connectivity index (χ3n) is 5.85. The third kappa shape index (κ3) is 4.64. The SMILES string of the molecule is CCN(CC)CCN1C(=O)C(=O)/C(=C(/O)c2ccc(OC)cc2)[C@H]1c1ccc(C)cc1. The standard InChI is InChI=1S/C25H30N2O4/c1-5-26(6-2)15-16-27-22(18-9-7-17(3)8-10-18)21(24(29)25(27)30)23(28)19-11-13-20(31-4)14-12-19/h7-14,22,28H,5-6,15-16H2,1-4H3/b23-21+/t22-/m1/s1. The summed E-state index contributed by atoms with van der Waals surface area (Å²) < 4.78 is 5.18. The van der Waals surface area contributed by atoms with E-state index < -0.39 is 17.7 Å². The molecule has 31 heavy (non-hydrogen) atoms. The van der Waals surface area contributed by atoms with Crippen LogP contribution in [0.2, 0.25) is 0 Å². The summed E-state index contributed by atoms with van der Waals surface area (Å²) in [5.74, 6) is -0.755. The van der Waals surface area contributed by atoms with E-state index in [1.807, 2.05) is 31.2 Å². The second-order valence-electron chi connectivity index (χ2n) is 7.66. The Hall–Kier alpha value is -3.12. The van der Waals surface area contributed by atoms with Gasteiger partial charge < -0.3 is 19.6 Å². The predicted molar refractivity (Wildman–Crippen MR) is 121 cm³/mol. The molecule has 1 fully saturated rings. The van der Waals surface area contributed by atoms with Gasteiger partial charge >= 0.3 is 0 Å². The zero-order valence-electron chi connectivity index (χ0n) is 18.6. The van der Waals surface area contributed by atoms with Gasteiger partial charge in [0.25, 0.3) is 11.7 Å². The molecule has 3 rings (SSSR count). The van der Waals surface area contributed by atoms with Crippen molar-refractivity contribution >= 4 is 17.4 Å². The Labute approximate surface area is 183 Å². The first-order valence-corrected chi connectivity index (χ1v) is 10.6. The number of hydrogen-bond acceptors (Lipinski definition) is 5. The van der Waals surface area contributed by atoms with E-state index in [0.29, 0.717) is 24.4 Å². The van der Waals surface area contributed by atoms with Crippen LogP contribution in [0.5, 0.6) is 5.75 Å². The Morgan fingerprint density at radius 1 is 1.03 bits per heavy atom. The zero-order valence-corrected chi connectivity index (χ0v) is 18.6. The molecule has 0 spiro atoms. The van der Waals surface area contributed by atoms with Crippen molar-refractivity contribution in [1.29, 1.82) is 0 Å². The Kier molecular flexibility index (Phi) is 7.13. The number of ketones is 1. The van der Waals surface area contributed by atoms with E-state index in [-0.39, 0.29) is 11.3 Å². The molecule has 1 heterocycles. The highest BCUT2D eigenvalue weighted by molar-refractivity contribution is 6.46. The lowest BCUT2D eigenvalue weighted by Gasteiger charge is -2.28. The van der Waals surface area contributed by atoms with E-state index in [0.717, 1.165) is 24.2 Å². The van der Waals surface area contributed by atoms with Crippen molar-refractivity contribution < 1.29 is 19.4 Å². The molecular weight excluding hydrogens is 392 g/mol. The highest BCUT2D eigenvalue weighted by Crippen LogP contribution is 2.39. The van der Waals surface area contributed by atoms with Crippen LogP contribution in [-0.4, -0.2) is 59.9 Å². The lowest BCUT2D eigenvalue weighted by molar-refractivity contribution is -0.140. The predicted octanol–water partition coefficient (Wildman–Crippen LogP) is 3.77. The van der Waals surface area contributed by atoms with Gasteiger partial charge in [0.2, 0.25) is 0 Å². The van der Waals surface area contributed by atoms with Gasteiger partial charge in [0.05, 0.1) is 18.7 Å². The van der Waals surface area contributed by atoms with Crippen LogP contribution < -0.4 is 4.74 Å². The van der Waals surface area contributed by atoms with Crippen molar-refractivity contribution in [2.24, 2.45) is 0 Å². The molecule has 2 aromatic rings. The normalized spacial score (nSPS) is 18.1. The van der Waals surface area contributed by atoms with E-state index in [4.69, 9.17) is 4.74 Å². The van der Waals surface area contributed by atoms with E-state index in [1.165, 1.54) is 0 Å². The molecule has 1 aliphatic rings. The average molecular weight is 423 g/mol. The smallest absolute Gasteiger partial charge is 0.295 e. The van der Waals surface area contributed by atoms with Crippen molar-refractivity contribution in [2.45, 2.75) is 26.8 Å². The number of benzene rings is 2. The molecule has 0 bridgehead atoms. The summed E-state index contributed by atoms with van der Waals surface area (Å²) in [5, 5.41) is 11.1. The fraction of sp³-hybridized carbons (Fsp3) is 0.360. The van der Waals surface area contributed by atoms with Gasteiger partial charge in [-0.2, -0.15) is 0 Å². The number of Topliss-reactive ketones (excluding diaryl/α,β-unsaturated/α-hetero) is 1. The molecule has 0 aliphatic carbocycles. The monoisotopic (exact) mass is 422 g/mol. The summed E-state index contributed by atoms with van der Waals surface area (Å²) in [5.41, 5.74) is 2.48. The molecule has 6 nitrogen and oxygen atoms in total.